The maximum atomic E-state index is 12.7. The third-order valence-corrected chi connectivity index (χ3v) is 6.19. The monoisotopic (exact) mass is 474 g/mol. The van der Waals surface area contributed by atoms with Gasteiger partial charge in [-0.2, -0.15) is 4.72 Å². The van der Waals surface area contributed by atoms with Crippen LogP contribution in [0, 0.1) is 0 Å². The van der Waals surface area contributed by atoms with Gasteiger partial charge in [0.05, 0.1) is 28.3 Å². The Morgan fingerprint density at radius 2 is 1.69 bits per heavy atom. The Morgan fingerprint density at radius 3 is 2.38 bits per heavy atom. The molecule has 0 unspecified atom stereocenters. The highest BCUT2D eigenvalue weighted by Crippen LogP contribution is 2.30. The number of para-hydroxylation sites is 3. The van der Waals surface area contributed by atoms with Gasteiger partial charge in [0.1, 0.15) is 11.5 Å². The quantitative estimate of drug-likeness (QED) is 0.463. The van der Waals surface area contributed by atoms with Gasteiger partial charge in [0.2, 0.25) is 15.9 Å². The number of anilines is 1. The lowest BCUT2D eigenvalue weighted by molar-refractivity contribution is -0.117. The van der Waals surface area contributed by atoms with Crippen molar-refractivity contribution in [2.75, 3.05) is 11.9 Å². The molecule has 0 spiro atoms. The fraction of sp³-hybridized carbons (Fsp3) is 0.174. The highest BCUT2D eigenvalue weighted by Gasteiger charge is 2.23. The predicted molar refractivity (Wildman–Crippen MR) is 124 cm³/mol. The first-order valence-electron chi connectivity index (χ1n) is 9.87. The van der Waals surface area contributed by atoms with Crippen molar-refractivity contribution in [1.82, 2.24) is 4.72 Å². The first-order valence-corrected chi connectivity index (χ1v) is 11.7. The zero-order valence-electron chi connectivity index (χ0n) is 17.5. The van der Waals surface area contributed by atoms with Crippen molar-refractivity contribution in [1.29, 1.82) is 0 Å². The van der Waals surface area contributed by atoms with Crippen LogP contribution in [0.2, 0.25) is 5.02 Å². The summed E-state index contributed by atoms with van der Waals surface area (Å²) < 4.78 is 38.9. The lowest BCUT2D eigenvalue weighted by Gasteiger charge is -2.17. The minimum absolute atomic E-state index is 0.0709. The minimum Gasteiger partial charge on any atom is -0.492 e. The number of halogens is 1. The number of carbonyl (C=O) groups is 1. The van der Waals surface area contributed by atoms with E-state index in [9.17, 15) is 13.2 Å². The smallest absolute Gasteiger partial charge is 0.242 e. The second-order valence-corrected chi connectivity index (χ2v) is 8.89. The molecule has 0 aliphatic heterocycles. The van der Waals surface area contributed by atoms with Crippen LogP contribution < -0.4 is 19.5 Å². The number of benzene rings is 3. The van der Waals surface area contributed by atoms with Crippen molar-refractivity contribution in [3.05, 3.63) is 77.8 Å². The minimum atomic E-state index is -3.99. The van der Waals surface area contributed by atoms with Gasteiger partial charge in [-0.1, -0.05) is 41.9 Å². The molecule has 1 atom stereocenters. The summed E-state index contributed by atoms with van der Waals surface area (Å²) in [4.78, 5) is 12.6. The molecule has 0 bridgehead atoms. The van der Waals surface area contributed by atoms with Gasteiger partial charge >= 0.3 is 0 Å². The third-order valence-electron chi connectivity index (χ3n) is 4.35. The fourth-order valence-electron chi connectivity index (χ4n) is 2.79. The van der Waals surface area contributed by atoms with Crippen LogP contribution in [0.4, 0.5) is 5.69 Å². The largest absolute Gasteiger partial charge is 0.492 e. The molecular formula is C23H23ClN2O5S. The van der Waals surface area contributed by atoms with Crippen molar-refractivity contribution in [3.63, 3.8) is 0 Å². The normalized spacial score (nSPS) is 12.1. The van der Waals surface area contributed by atoms with Crippen molar-refractivity contribution in [3.8, 4) is 17.2 Å². The van der Waals surface area contributed by atoms with Crippen molar-refractivity contribution in [2.24, 2.45) is 0 Å². The van der Waals surface area contributed by atoms with Crippen LogP contribution in [-0.2, 0) is 14.8 Å². The molecule has 0 saturated carbocycles. The topological polar surface area (TPSA) is 93.7 Å². The molecule has 0 radical (unpaired) electrons. The van der Waals surface area contributed by atoms with Crippen molar-refractivity contribution >= 4 is 33.2 Å². The number of amides is 1. The van der Waals surface area contributed by atoms with E-state index in [0.717, 1.165) is 0 Å². The van der Waals surface area contributed by atoms with Gasteiger partial charge in [-0.05, 0) is 56.3 Å². The molecule has 3 aromatic rings. The van der Waals surface area contributed by atoms with E-state index in [1.165, 1.54) is 25.1 Å². The average Bonchev–Trinajstić information content (AvgIpc) is 2.77. The number of hydrogen-bond acceptors (Lipinski definition) is 5. The Labute approximate surface area is 192 Å². The number of hydrogen-bond donors (Lipinski definition) is 2. The van der Waals surface area contributed by atoms with Crippen LogP contribution in [0.5, 0.6) is 17.2 Å². The zero-order valence-corrected chi connectivity index (χ0v) is 19.1. The summed E-state index contributed by atoms with van der Waals surface area (Å²) >= 11 is 6.09. The Balaban J connectivity index is 1.71. The molecule has 1 amide bonds. The summed E-state index contributed by atoms with van der Waals surface area (Å²) in [5.41, 5.74) is 0.413. The van der Waals surface area contributed by atoms with Crippen LogP contribution >= 0.6 is 11.6 Å². The lowest BCUT2D eigenvalue weighted by Crippen LogP contribution is -2.41. The molecule has 0 aromatic heterocycles. The van der Waals surface area contributed by atoms with Gasteiger partial charge < -0.3 is 14.8 Å². The number of sulfonamides is 1. The maximum absolute atomic E-state index is 12.7. The van der Waals surface area contributed by atoms with Gasteiger partial charge in [-0.3, -0.25) is 4.79 Å². The molecule has 3 aromatic carbocycles. The summed E-state index contributed by atoms with van der Waals surface area (Å²) in [6.45, 7) is 3.65. The molecule has 0 heterocycles. The Morgan fingerprint density at radius 1 is 1.00 bits per heavy atom. The van der Waals surface area contributed by atoms with Gasteiger partial charge in [-0.25, -0.2) is 8.42 Å². The van der Waals surface area contributed by atoms with Crippen LogP contribution in [0.25, 0.3) is 0 Å². The molecule has 2 N–H and O–H groups in total. The van der Waals surface area contributed by atoms with E-state index in [0.29, 0.717) is 29.5 Å². The van der Waals surface area contributed by atoms with Gasteiger partial charge in [-0.15, -0.1) is 0 Å². The molecule has 0 saturated heterocycles. The molecule has 9 heteroatoms. The molecule has 3 rings (SSSR count). The Kier molecular flexibility index (Phi) is 7.74. The highest BCUT2D eigenvalue weighted by molar-refractivity contribution is 7.89. The maximum Gasteiger partial charge on any atom is 0.242 e. The first kappa shape index (κ1) is 23.6. The van der Waals surface area contributed by atoms with E-state index in [1.807, 2.05) is 18.2 Å². The summed E-state index contributed by atoms with van der Waals surface area (Å²) in [6, 6.07) is 19.1. The number of rotatable bonds is 9. The van der Waals surface area contributed by atoms with Crippen LogP contribution in [0.3, 0.4) is 0 Å². The fourth-order valence-corrected chi connectivity index (χ4v) is 4.32. The molecule has 0 fully saturated rings. The number of carbonyl (C=O) groups excluding carboxylic acids is 1. The van der Waals surface area contributed by atoms with E-state index < -0.39 is 22.0 Å². The SMILES string of the molecule is CCOc1ccc(S(=O)(=O)N[C@@H](C)C(=O)Nc2ccccc2Oc2ccccc2)cc1Cl. The van der Waals surface area contributed by atoms with E-state index >= 15 is 0 Å². The molecule has 7 nitrogen and oxygen atoms in total. The second kappa shape index (κ2) is 10.5. The number of ether oxygens (including phenoxy) is 2. The first-order chi connectivity index (χ1) is 15.3. The molecule has 32 heavy (non-hydrogen) atoms. The molecule has 0 aliphatic carbocycles. The lowest BCUT2D eigenvalue weighted by atomic mass is 10.2. The van der Waals surface area contributed by atoms with E-state index in [-0.39, 0.29) is 9.92 Å². The third kappa shape index (κ3) is 6.00. The van der Waals surface area contributed by atoms with E-state index in [4.69, 9.17) is 21.1 Å². The van der Waals surface area contributed by atoms with Crippen LogP contribution in [-0.4, -0.2) is 27.0 Å². The Bertz CT molecular complexity index is 1190. The van der Waals surface area contributed by atoms with Crippen LogP contribution in [0.15, 0.2) is 77.7 Å². The van der Waals surface area contributed by atoms with Gasteiger partial charge in [0.15, 0.2) is 5.75 Å². The molecular weight excluding hydrogens is 452 g/mol. The zero-order chi connectivity index (χ0) is 23.1. The summed E-state index contributed by atoms with van der Waals surface area (Å²) in [5.74, 6) is 0.874. The standard InChI is InChI=1S/C23H23ClN2O5S/c1-3-30-21-14-13-18(15-19(21)24)32(28,29)26-16(2)23(27)25-20-11-7-8-12-22(20)31-17-9-5-4-6-10-17/h4-16,26H,3H2,1-2H3,(H,25,27)/t16-/m0/s1. The second-order valence-electron chi connectivity index (χ2n) is 6.77. The van der Waals surface area contributed by atoms with E-state index in [1.54, 1.807) is 43.3 Å². The average molecular weight is 475 g/mol. The van der Waals surface area contributed by atoms with Crippen LogP contribution in [0.1, 0.15) is 13.8 Å². The van der Waals surface area contributed by atoms with E-state index in [2.05, 4.69) is 10.0 Å². The number of nitrogens with one attached hydrogen (secondary N) is 2. The summed E-state index contributed by atoms with van der Waals surface area (Å²) in [5, 5.41) is 2.87. The van der Waals surface area contributed by atoms with Crippen molar-refractivity contribution in [2.45, 2.75) is 24.8 Å². The van der Waals surface area contributed by atoms with Gasteiger partial charge in [0, 0.05) is 0 Å². The highest BCUT2D eigenvalue weighted by atomic mass is 35.5. The molecule has 0 aliphatic rings. The van der Waals surface area contributed by atoms with Gasteiger partial charge in [0.25, 0.3) is 0 Å². The molecule has 168 valence electrons. The predicted octanol–water partition coefficient (Wildman–Crippen LogP) is 4.84. The summed E-state index contributed by atoms with van der Waals surface area (Å²) in [6.07, 6.45) is 0. The van der Waals surface area contributed by atoms with Crippen molar-refractivity contribution < 1.29 is 22.7 Å². The Hall–Kier alpha value is -3.07. The summed E-state index contributed by atoms with van der Waals surface area (Å²) in [7, 11) is -3.99.